The van der Waals surface area contributed by atoms with Crippen LogP contribution in [0, 0.1) is 0 Å². The molecule has 0 saturated heterocycles. The minimum absolute atomic E-state index is 0.525. The highest BCUT2D eigenvalue weighted by molar-refractivity contribution is 7.98. The molecule has 21 heavy (non-hydrogen) atoms. The molecule has 2 aromatic heterocycles. The Balaban J connectivity index is 2.12. The van der Waals surface area contributed by atoms with Crippen LogP contribution in [0.5, 0.6) is 0 Å². The molecule has 0 amide bonds. The SMILES string of the molecule is CSc1c(-c2ccc(C(F)(F)F)cc2)nc2ncccn12. The molecule has 0 atom stereocenters. The third-order valence-electron chi connectivity index (χ3n) is 3.04. The summed E-state index contributed by atoms with van der Waals surface area (Å²) >= 11 is 1.47. The number of benzene rings is 1. The zero-order chi connectivity index (χ0) is 15.0. The molecule has 0 saturated carbocycles. The first-order valence-electron chi connectivity index (χ1n) is 6.05. The van der Waals surface area contributed by atoms with Crippen molar-refractivity contribution in [1.82, 2.24) is 14.4 Å². The summed E-state index contributed by atoms with van der Waals surface area (Å²) in [6.45, 7) is 0. The molecule has 3 aromatic rings. The molecule has 0 spiro atoms. The van der Waals surface area contributed by atoms with E-state index in [4.69, 9.17) is 0 Å². The zero-order valence-corrected chi connectivity index (χ0v) is 11.7. The summed E-state index contributed by atoms with van der Waals surface area (Å²) in [7, 11) is 0. The van der Waals surface area contributed by atoms with E-state index in [2.05, 4.69) is 9.97 Å². The summed E-state index contributed by atoms with van der Waals surface area (Å²) in [4.78, 5) is 8.55. The molecule has 0 aliphatic heterocycles. The van der Waals surface area contributed by atoms with E-state index >= 15 is 0 Å². The van der Waals surface area contributed by atoms with Crippen LogP contribution in [-0.2, 0) is 6.18 Å². The van der Waals surface area contributed by atoms with Crippen LogP contribution < -0.4 is 0 Å². The summed E-state index contributed by atoms with van der Waals surface area (Å²) in [5.74, 6) is 0.525. The van der Waals surface area contributed by atoms with Gasteiger partial charge >= 0.3 is 6.18 Å². The van der Waals surface area contributed by atoms with Crippen LogP contribution in [0.25, 0.3) is 17.0 Å². The van der Waals surface area contributed by atoms with Crippen molar-refractivity contribution in [1.29, 1.82) is 0 Å². The fourth-order valence-electron chi connectivity index (χ4n) is 2.07. The van der Waals surface area contributed by atoms with Gasteiger partial charge in [0.1, 0.15) is 10.7 Å². The Labute approximate surface area is 122 Å². The van der Waals surface area contributed by atoms with Crippen LogP contribution in [0.3, 0.4) is 0 Å². The molecular weight excluding hydrogens is 299 g/mol. The first-order chi connectivity index (χ1) is 10.0. The van der Waals surface area contributed by atoms with Gasteiger partial charge in [-0.25, -0.2) is 9.97 Å². The van der Waals surface area contributed by atoms with Crippen LogP contribution in [-0.4, -0.2) is 20.6 Å². The van der Waals surface area contributed by atoms with Crippen LogP contribution >= 0.6 is 11.8 Å². The Kier molecular flexibility index (Phi) is 3.36. The second-order valence-electron chi connectivity index (χ2n) is 4.33. The molecule has 3 nitrogen and oxygen atoms in total. The molecule has 1 aromatic carbocycles. The van der Waals surface area contributed by atoms with E-state index in [1.807, 2.05) is 16.9 Å². The number of nitrogens with zero attached hydrogens (tertiary/aromatic N) is 3. The lowest BCUT2D eigenvalue weighted by Crippen LogP contribution is -2.04. The van der Waals surface area contributed by atoms with Crippen molar-refractivity contribution in [2.75, 3.05) is 6.26 Å². The Morgan fingerprint density at radius 3 is 2.48 bits per heavy atom. The number of halogens is 3. The van der Waals surface area contributed by atoms with Crippen molar-refractivity contribution in [3.05, 3.63) is 48.3 Å². The van der Waals surface area contributed by atoms with Crippen LogP contribution in [0.2, 0.25) is 0 Å². The molecule has 0 N–H and O–H groups in total. The number of hydrogen-bond acceptors (Lipinski definition) is 3. The second kappa shape index (κ2) is 5.07. The lowest BCUT2D eigenvalue weighted by molar-refractivity contribution is -0.137. The largest absolute Gasteiger partial charge is 0.416 e. The van der Waals surface area contributed by atoms with Crippen molar-refractivity contribution in [2.24, 2.45) is 0 Å². The number of thioether (sulfide) groups is 1. The van der Waals surface area contributed by atoms with Crippen molar-refractivity contribution in [3.8, 4) is 11.3 Å². The predicted octanol–water partition coefficient (Wildman–Crippen LogP) is 4.14. The fraction of sp³-hybridized carbons (Fsp3) is 0.143. The van der Waals surface area contributed by atoms with Gasteiger partial charge in [-0.05, 0) is 24.5 Å². The van der Waals surface area contributed by atoms with E-state index in [9.17, 15) is 13.2 Å². The smallest absolute Gasteiger partial charge is 0.278 e. The maximum Gasteiger partial charge on any atom is 0.416 e. The fourth-order valence-corrected chi connectivity index (χ4v) is 2.76. The quantitative estimate of drug-likeness (QED) is 0.667. The Morgan fingerprint density at radius 1 is 1.14 bits per heavy atom. The standard InChI is InChI=1S/C14H10F3N3S/c1-21-12-11(19-13-18-7-2-8-20(12)13)9-3-5-10(6-4-9)14(15,16)17/h2-8H,1H3. The molecule has 7 heteroatoms. The monoisotopic (exact) mass is 309 g/mol. The highest BCUT2D eigenvalue weighted by Gasteiger charge is 2.30. The number of hydrogen-bond donors (Lipinski definition) is 0. The summed E-state index contributed by atoms with van der Waals surface area (Å²) < 4.78 is 39.6. The number of fused-ring (bicyclic) bond motifs is 1. The average Bonchev–Trinajstić information content (AvgIpc) is 2.85. The van der Waals surface area contributed by atoms with E-state index in [1.54, 1.807) is 12.3 Å². The lowest BCUT2D eigenvalue weighted by Gasteiger charge is -2.07. The second-order valence-corrected chi connectivity index (χ2v) is 5.13. The average molecular weight is 309 g/mol. The summed E-state index contributed by atoms with van der Waals surface area (Å²) in [6.07, 6.45) is 1.02. The van der Waals surface area contributed by atoms with Gasteiger partial charge in [0, 0.05) is 18.0 Å². The Morgan fingerprint density at radius 2 is 1.86 bits per heavy atom. The molecule has 108 valence electrons. The van der Waals surface area contributed by atoms with Crippen molar-refractivity contribution in [3.63, 3.8) is 0 Å². The van der Waals surface area contributed by atoms with Crippen molar-refractivity contribution < 1.29 is 13.2 Å². The molecule has 0 aliphatic carbocycles. The molecule has 0 unspecified atom stereocenters. The van der Waals surface area contributed by atoms with Crippen molar-refractivity contribution >= 4 is 17.5 Å². The van der Waals surface area contributed by atoms with Gasteiger partial charge in [-0.15, -0.1) is 11.8 Å². The van der Waals surface area contributed by atoms with Gasteiger partial charge in [0.25, 0.3) is 0 Å². The number of alkyl halides is 3. The molecular formula is C14H10F3N3S. The topological polar surface area (TPSA) is 30.2 Å². The predicted molar refractivity (Wildman–Crippen MR) is 75.2 cm³/mol. The molecule has 2 heterocycles. The number of rotatable bonds is 2. The minimum atomic E-state index is -4.33. The van der Waals surface area contributed by atoms with E-state index in [1.165, 1.54) is 23.9 Å². The molecule has 0 fully saturated rings. The highest BCUT2D eigenvalue weighted by atomic mass is 32.2. The Bertz CT molecular complexity index is 778. The van der Waals surface area contributed by atoms with Crippen LogP contribution in [0.15, 0.2) is 47.8 Å². The van der Waals surface area contributed by atoms with E-state index in [0.717, 1.165) is 17.2 Å². The van der Waals surface area contributed by atoms with Gasteiger partial charge in [-0.3, -0.25) is 4.40 Å². The van der Waals surface area contributed by atoms with Gasteiger partial charge in [0.2, 0.25) is 5.78 Å². The molecule has 3 rings (SSSR count). The lowest BCUT2D eigenvalue weighted by atomic mass is 10.1. The van der Waals surface area contributed by atoms with E-state index in [-0.39, 0.29) is 0 Å². The third kappa shape index (κ3) is 2.49. The first kappa shape index (κ1) is 13.9. The maximum absolute atomic E-state index is 12.6. The molecule has 0 radical (unpaired) electrons. The number of aromatic nitrogens is 3. The number of imidazole rings is 1. The zero-order valence-electron chi connectivity index (χ0n) is 10.9. The van der Waals surface area contributed by atoms with E-state index < -0.39 is 11.7 Å². The highest BCUT2D eigenvalue weighted by Crippen LogP contribution is 2.33. The minimum Gasteiger partial charge on any atom is -0.278 e. The summed E-state index contributed by atoms with van der Waals surface area (Å²) in [6, 6.07) is 6.79. The van der Waals surface area contributed by atoms with Crippen LogP contribution in [0.1, 0.15) is 5.56 Å². The van der Waals surface area contributed by atoms with Crippen LogP contribution in [0.4, 0.5) is 13.2 Å². The van der Waals surface area contributed by atoms with Gasteiger partial charge in [-0.2, -0.15) is 13.2 Å². The van der Waals surface area contributed by atoms with Gasteiger partial charge in [-0.1, -0.05) is 12.1 Å². The molecule has 0 bridgehead atoms. The van der Waals surface area contributed by atoms with Crippen molar-refractivity contribution in [2.45, 2.75) is 11.2 Å². The van der Waals surface area contributed by atoms with Gasteiger partial charge in [0.05, 0.1) is 5.56 Å². The maximum atomic E-state index is 12.6. The molecule has 0 aliphatic rings. The Hall–Kier alpha value is -2.02. The third-order valence-corrected chi connectivity index (χ3v) is 3.82. The summed E-state index contributed by atoms with van der Waals surface area (Å²) in [5, 5.41) is 0.845. The van der Waals surface area contributed by atoms with Gasteiger partial charge < -0.3 is 0 Å². The van der Waals surface area contributed by atoms with Gasteiger partial charge in [0.15, 0.2) is 0 Å². The van der Waals surface area contributed by atoms with E-state index in [0.29, 0.717) is 17.0 Å². The first-order valence-corrected chi connectivity index (χ1v) is 7.28. The summed E-state index contributed by atoms with van der Waals surface area (Å²) in [5.41, 5.74) is 0.603. The normalized spacial score (nSPS) is 12.0.